The first-order chi connectivity index (χ1) is 14.4. The summed E-state index contributed by atoms with van der Waals surface area (Å²) in [4.78, 5) is 40.3. The smallest absolute Gasteiger partial charge is 0.290 e. The van der Waals surface area contributed by atoms with Crippen LogP contribution in [0.2, 0.25) is 10.0 Å². The van der Waals surface area contributed by atoms with Gasteiger partial charge in [0.2, 0.25) is 11.8 Å². The largest absolute Gasteiger partial charge is 0.459 e. The highest BCUT2D eigenvalue weighted by Crippen LogP contribution is 2.31. The lowest BCUT2D eigenvalue weighted by Crippen LogP contribution is -2.68. The van der Waals surface area contributed by atoms with E-state index in [1.54, 1.807) is 30.3 Å². The summed E-state index contributed by atoms with van der Waals surface area (Å²) in [5, 5.41) is 6.47. The molecule has 2 aliphatic rings. The number of hydrogen-bond donors (Lipinski definition) is 2. The average Bonchev–Trinajstić information content (AvgIpc) is 3.22. The summed E-state index contributed by atoms with van der Waals surface area (Å²) >= 11 is 12.0. The molecule has 1 aliphatic carbocycles. The van der Waals surface area contributed by atoms with Crippen LogP contribution in [0.3, 0.4) is 0 Å². The third-order valence-corrected chi connectivity index (χ3v) is 5.98. The minimum Gasteiger partial charge on any atom is -0.459 e. The Balaban J connectivity index is 1.57. The fourth-order valence-electron chi connectivity index (χ4n) is 4.27. The second-order valence-electron chi connectivity index (χ2n) is 7.58. The zero-order valence-electron chi connectivity index (χ0n) is 16.1. The molecule has 1 saturated heterocycles. The molecule has 7 nitrogen and oxygen atoms in total. The number of carbonyl (C=O) groups is 3. The standard InChI is InChI=1S/C21H21Cl2N3O4/c22-12-8-13(23)10-14(9-12)24-19(27)11-17-20(28)25-15-4-1-2-5-16(15)26(17)21(29)18-6-3-7-30-18/h3,6-10,15-17H,1-2,4-5,11H2,(H,24,27)(H,25,28)/t15-,16-,17+/m0/s1. The molecular weight excluding hydrogens is 429 g/mol. The summed E-state index contributed by atoms with van der Waals surface area (Å²) in [7, 11) is 0. The Morgan fingerprint density at radius 1 is 1.17 bits per heavy atom. The molecule has 4 rings (SSSR count). The van der Waals surface area contributed by atoms with Gasteiger partial charge in [-0.25, -0.2) is 0 Å². The predicted molar refractivity (Wildman–Crippen MR) is 113 cm³/mol. The monoisotopic (exact) mass is 449 g/mol. The Labute approximate surface area is 183 Å². The summed E-state index contributed by atoms with van der Waals surface area (Å²) < 4.78 is 5.29. The van der Waals surface area contributed by atoms with E-state index in [4.69, 9.17) is 27.6 Å². The third kappa shape index (κ3) is 4.32. The first kappa shape index (κ1) is 20.8. The molecule has 2 fully saturated rings. The minimum absolute atomic E-state index is 0.115. The predicted octanol–water partition coefficient (Wildman–Crippen LogP) is 3.87. The summed E-state index contributed by atoms with van der Waals surface area (Å²) in [6, 6.07) is 6.66. The molecule has 1 aromatic carbocycles. The summed E-state index contributed by atoms with van der Waals surface area (Å²) in [6.45, 7) is 0. The number of nitrogens with one attached hydrogen (secondary N) is 2. The number of benzene rings is 1. The SMILES string of the molecule is O=C(C[C@@H]1C(=O)N[C@H]2CCCC[C@@H]2N1C(=O)c1ccco1)Nc1cc(Cl)cc(Cl)c1. The second kappa shape index (κ2) is 8.70. The van der Waals surface area contributed by atoms with Crippen LogP contribution < -0.4 is 10.6 Å². The molecule has 1 aromatic heterocycles. The van der Waals surface area contributed by atoms with Gasteiger partial charge in [-0.1, -0.05) is 36.0 Å². The summed E-state index contributed by atoms with van der Waals surface area (Å²) in [5.41, 5.74) is 0.424. The van der Waals surface area contributed by atoms with Gasteiger partial charge in [-0.2, -0.15) is 0 Å². The van der Waals surface area contributed by atoms with Gasteiger partial charge in [0.1, 0.15) is 6.04 Å². The number of furan rings is 1. The number of amides is 3. The molecule has 9 heteroatoms. The zero-order valence-corrected chi connectivity index (χ0v) is 17.6. The Hall–Kier alpha value is -2.51. The van der Waals surface area contributed by atoms with Crippen LogP contribution in [0.1, 0.15) is 42.7 Å². The first-order valence-corrected chi connectivity index (χ1v) is 10.6. The number of anilines is 1. The van der Waals surface area contributed by atoms with E-state index in [2.05, 4.69) is 10.6 Å². The van der Waals surface area contributed by atoms with Crippen molar-refractivity contribution in [2.24, 2.45) is 0 Å². The van der Waals surface area contributed by atoms with Crippen LogP contribution in [-0.2, 0) is 9.59 Å². The molecule has 30 heavy (non-hydrogen) atoms. The number of carbonyl (C=O) groups excluding carboxylic acids is 3. The van der Waals surface area contributed by atoms with Gasteiger partial charge in [-0.15, -0.1) is 0 Å². The van der Waals surface area contributed by atoms with Crippen molar-refractivity contribution in [1.82, 2.24) is 10.2 Å². The van der Waals surface area contributed by atoms with Crippen molar-refractivity contribution in [2.75, 3.05) is 5.32 Å². The van der Waals surface area contributed by atoms with Crippen LogP contribution in [-0.4, -0.2) is 40.7 Å². The van der Waals surface area contributed by atoms with Gasteiger partial charge in [-0.3, -0.25) is 14.4 Å². The fraction of sp³-hybridized carbons (Fsp3) is 0.381. The zero-order chi connectivity index (χ0) is 21.3. The first-order valence-electron chi connectivity index (χ1n) is 9.85. The van der Waals surface area contributed by atoms with Crippen LogP contribution in [0.15, 0.2) is 41.0 Å². The number of nitrogens with zero attached hydrogens (tertiary/aromatic N) is 1. The topological polar surface area (TPSA) is 91.7 Å². The van der Waals surface area contributed by atoms with Crippen molar-refractivity contribution in [3.05, 3.63) is 52.4 Å². The van der Waals surface area contributed by atoms with Gasteiger partial charge < -0.3 is 20.0 Å². The lowest BCUT2D eigenvalue weighted by atomic mass is 9.85. The van der Waals surface area contributed by atoms with Crippen molar-refractivity contribution >= 4 is 46.6 Å². The molecule has 3 amide bonds. The Kier molecular flexibility index (Phi) is 6.01. The molecule has 1 aliphatic heterocycles. The molecule has 2 N–H and O–H groups in total. The lowest BCUT2D eigenvalue weighted by Gasteiger charge is -2.47. The Bertz CT molecular complexity index is 943. The normalized spacial score (nSPS) is 23.5. The highest BCUT2D eigenvalue weighted by atomic mass is 35.5. The van der Waals surface area contributed by atoms with Crippen molar-refractivity contribution in [2.45, 2.75) is 50.2 Å². The number of rotatable bonds is 4. The molecule has 2 heterocycles. The lowest BCUT2D eigenvalue weighted by molar-refractivity contribution is -0.135. The molecule has 1 saturated carbocycles. The van der Waals surface area contributed by atoms with Crippen LogP contribution in [0.25, 0.3) is 0 Å². The van der Waals surface area contributed by atoms with Gasteiger partial charge in [0, 0.05) is 21.8 Å². The maximum Gasteiger partial charge on any atom is 0.290 e. The van der Waals surface area contributed by atoms with Crippen molar-refractivity contribution in [1.29, 1.82) is 0 Å². The maximum atomic E-state index is 13.2. The van der Waals surface area contributed by atoms with Gasteiger partial charge >= 0.3 is 0 Å². The minimum atomic E-state index is -0.934. The van der Waals surface area contributed by atoms with Crippen molar-refractivity contribution in [3.63, 3.8) is 0 Å². The van der Waals surface area contributed by atoms with Crippen molar-refractivity contribution in [3.8, 4) is 0 Å². The van der Waals surface area contributed by atoms with Crippen LogP contribution >= 0.6 is 23.2 Å². The van der Waals surface area contributed by atoms with Crippen molar-refractivity contribution < 1.29 is 18.8 Å². The van der Waals surface area contributed by atoms with E-state index in [0.717, 1.165) is 25.7 Å². The molecule has 0 unspecified atom stereocenters. The molecule has 0 radical (unpaired) electrons. The number of fused-ring (bicyclic) bond motifs is 1. The summed E-state index contributed by atoms with van der Waals surface area (Å²) in [6.07, 6.45) is 4.74. The molecule has 158 valence electrons. The molecule has 0 spiro atoms. The second-order valence-corrected chi connectivity index (χ2v) is 8.46. The van der Waals surface area contributed by atoms with E-state index in [1.807, 2.05) is 0 Å². The highest BCUT2D eigenvalue weighted by molar-refractivity contribution is 6.35. The van der Waals surface area contributed by atoms with E-state index in [-0.39, 0.29) is 36.1 Å². The Morgan fingerprint density at radius 2 is 1.90 bits per heavy atom. The van der Waals surface area contributed by atoms with Crippen LogP contribution in [0.5, 0.6) is 0 Å². The van der Waals surface area contributed by atoms with E-state index in [9.17, 15) is 14.4 Å². The van der Waals surface area contributed by atoms with Gasteiger partial charge in [-0.05, 0) is 43.2 Å². The summed E-state index contributed by atoms with van der Waals surface area (Å²) in [5.74, 6) is -0.978. The van der Waals surface area contributed by atoms with Crippen LogP contribution in [0.4, 0.5) is 5.69 Å². The quantitative estimate of drug-likeness (QED) is 0.740. The van der Waals surface area contributed by atoms with Crippen LogP contribution in [0, 0.1) is 0 Å². The van der Waals surface area contributed by atoms with E-state index < -0.39 is 11.9 Å². The van der Waals surface area contributed by atoms with Gasteiger partial charge in [0.05, 0.1) is 18.7 Å². The van der Waals surface area contributed by atoms with E-state index in [1.165, 1.54) is 11.2 Å². The van der Waals surface area contributed by atoms with E-state index >= 15 is 0 Å². The fourth-order valence-corrected chi connectivity index (χ4v) is 4.80. The number of piperazine rings is 1. The number of halogens is 2. The van der Waals surface area contributed by atoms with E-state index in [0.29, 0.717) is 15.7 Å². The third-order valence-electron chi connectivity index (χ3n) is 5.54. The average molecular weight is 450 g/mol. The van der Waals surface area contributed by atoms with Gasteiger partial charge in [0.25, 0.3) is 5.91 Å². The molecule has 3 atom stereocenters. The highest BCUT2D eigenvalue weighted by Gasteiger charge is 2.46. The molecule has 2 aromatic rings. The maximum absolute atomic E-state index is 13.2. The number of hydrogen-bond acceptors (Lipinski definition) is 4. The Morgan fingerprint density at radius 3 is 2.60 bits per heavy atom. The molecule has 0 bridgehead atoms. The van der Waals surface area contributed by atoms with Gasteiger partial charge in [0.15, 0.2) is 5.76 Å². The molecular formula is C21H21Cl2N3O4.